The molecule has 1 saturated heterocycles. The summed E-state index contributed by atoms with van der Waals surface area (Å²) in [5.74, 6) is -2.35. The molecule has 3 amide bonds. The van der Waals surface area contributed by atoms with Gasteiger partial charge < -0.3 is 30.9 Å². The number of carbonyl (C=O) groups is 4. The van der Waals surface area contributed by atoms with Crippen molar-refractivity contribution in [2.45, 2.75) is 70.3 Å². The van der Waals surface area contributed by atoms with E-state index in [2.05, 4.69) is 29.8 Å². The molecule has 2 aromatic rings. The minimum atomic E-state index is -5.08. The van der Waals surface area contributed by atoms with E-state index in [1.54, 1.807) is 31.4 Å². The lowest BCUT2D eigenvalue weighted by Gasteiger charge is -2.29. The van der Waals surface area contributed by atoms with E-state index >= 15 is 0 Å². The number of nitrogens with zero attached hydrogens (tertiary/aromatic N) is 1. The molecule has 3 atom stereocenters. The van der Waals surface area contributed by atoms with E-state index < -0.39 is 35.7 Å². The zero-order chi connectivity index (χ0) is 34.7. The highest BCUT2D eigenvalue weighted by Crippen LogP contribution is 2.35. The lowest BCUT2D eigenvalue weighted by molar-refractivity contribution is -0.192. The van der Waals surface area contributed by atoms with Crippen LogP contribution in [0.25, 0.3) is 0 Å². The van der Waals surface area contributed by atoms with Crippen molar-refractivity contribution < 1.29 is 47.3 Å². The summed E-state index contributed by atoms with van der Waals surface area (Å²) in [7, 11) is 1.56. The SMILES string of the molecule is COc1ccc(CC(NC(=O)O)C(=O)NC(C)CCCN2C(=N)N[C@](CC(C)C)(c3ccccc3)C2=O)cc1.O=C(O)C(F)(F)F. The maximum Gasteiger partial charge on any atom is 0.490 e. The molecule has 0 bridgehead atoms. The Labute approximate surface area is 264 Å². The van der Waals surface area contributed by atoms with Gasteiger partial charge in [0.15, 0.2) is 5.96 Å². The van der Waals surface area contributed by atoms with Crippen LogP contribution in [0.3, 0.4) is 0 Å². The molecule has 0 spiro atoms. The molecule has 12 nitrogen and oxygen atoms in total. The van der Waals surface area contributed by atoms with Crippen molar-refractivity contribution in [1.29, 1.82) is 5.41 Å². The molecule has 0 aromatic heterocycles. The standard InChI is InChI=1S/C29H39N5O5.C2HF3O2/c1-19(2)18-29(22-10-6-5-7-11-22)26(36)34(27(30)33-29)16-8-9-20(3)31-25(35)24(32-28(37)38)17-21-12-14-23(39-4)15-13-21;3-2(4,5)1(6)7/h5-7,10-15,19-20,24,32H,8-9,16-18H2,1-4H3,(H2,30,33)(H,31,35)(H,37,38);(H,6,7)/t20?,24?,29-;/m1./s1. The number of rotatable bonds is 13. The van der Waals surface area contributed by atoms with E-state index in [-0.39, 0.29) is 30.2 Å². The number of amides is 3. The summed E-state index contributed by atoms with van der Waals surface area (Å²) in [5, 5.41) is 33.2. The van der Waals surface area contributed by atoms with Gasteiger partial charge in [-0.05, 0) is 55.4 Å². The van der Waals surface area contributed by atoms with Crippen LogP contribution in [-0.4, -0.2) is 76.9 Å². The molecular weight excluding hydrogens is 611 g/mol. The Balaban J connectivity index is 0.000000942. The molecule has 1 aliphatic rings. The van der Waals surface area contributed by atoms with Gasteiger partial charge in [-0.2, -0.15) is 13.2 Å². The Kier molecular flexibility index (Phi) is 13.4. The largest absolute Gasteiger partial charge is 0.497 e. The summed E-state index contributed by atoms with van der Waals surface area (Å²) < 4.78 is 36.9. The quantitative estimate of drug-likeness (QED) is 0.187. The van der Waals surface area contributed by atoms with Crippen molar-refractivity contribution in [2.75, 3.05) is 13.7 Å². The molecule has 1 heterocycles. The first kappa shape index (κ1) is 37.4. The monoisotopic (exact) mass is 651 g/mol. The number of methoxy groups -OCH3 is 1. The number of carboxylic acids is 1. The van der Waals surface area contributed by atoms with Gasteiger partial charge in [0.1, 0.15) is 17.3 Å². The van der Waals surface area contributed by atoms with Crippen LogP contribution in [0.5, 0.6) is 5.75 Å². The number of ether oxygens (including phenoxy) is 1. The van der Waals surface area contributed by atoms with E-state index in [1.807, 2.05) is 37.3 Å². The third-order valence-corrected chi connectivity index (χ3v) is 7.06. The van der Waals surface area contributed by atoms with Gasteiger partial charge in [-0.3, -0.25) is 19.9 Å². The first-order chi connectivity index (χ1) is 21.5. The van der Waals surface area contributed by atoms with Crippen LogP contribution in [0, 0.1) is 11.3 Å². The molecule has 2 aromatic carbocycles. The summed E-state index contributed by atoms with van der Waals surface area (Å²) in [6, 6.07) is 15.4. The van der Waals surface area contributed by atoms with Crippen molar-refractivity contribution in [2.24, 2.45) is 5.92 Å². The summed E-state index contributed by atoms with van der Waals surface area (Å²) in [5.41, 5.74) is 0.661. The van der Waals surface area contributed by atoms with Gasteiger partial charge in [0.25, 0.3) is 5.91 Å². The number of benzene rings is 2. The van der Waals surface area contributed by atoms with Crippen molar-refractivity contribution >= 4 is 29.8 Å². The number of carbonyl (C=O) groups excluding carboxylic acids is 2. The lowest BCUT2D eigenvalue weighted by Crippen LogP contribution is -2.50. The molecule has 0 saturated carbocycles. The highest BCUT2D eigenvalue weighted by molar-refractivity contribution is 6.08. The van der Waals surface area contributed by atoms with Gasteiger partial charge >= 0.3 is 18.2 Å². The average molecular weight is 652 g/mol. The minimum absolute atomic E-state index is 0.0754. The van der Waals surface area contributed by atoms with Crippen LogP contribution in [0.2, 0.25) is 0 Å². The molecule has 6 N–H and O–H groups in total. The third-order valence-electron chi connectivity index (χ3n) is 7.06. The number of guanidine groups is 1. The summed E-state index contributed by atoms with van der Waals surface area (Å²) >= 11 is 0. The van der Waals surface area contributed by atoms with E-state index in [0.717, 1.165) is 11.1 Å². The molecule has 1 aliphatic heterocycles. The Morgan fingerprint density at radius 3 is 2.11 bits per heavy atom. The maximum absolute atomic E-state index is 13.6. The number of halogens is 3. The van der Waals surface area contributed by atoms with Gasteiger partial charge in [0.2, 0.25) is 5.91 Å². The fourth-order valence-corrected chi connectivity index (χ4v) is 4.98. The van der Waals surface area contributed by atoms with E-state index in [4.69, 9.17) is 20.0 Å². The van der Waals surface area contributed by atoms with Gasteiger partial charge in [0.05, 0.1) is 7.11 Å². The summed E-state index contributed by atoms with van der Waals surface area (Å²) in [6.07, 6.45) is -4.50. The minimum Gasteiger partial charge on any atom is -0.497 e. The van der Waals surface area contributed by atoms with Crippen molar-refractivity contribution in [3.63, 3.8) is 0 Å². The zero-order valence-corrected chi connectivity index (χ0v) is 26.0. The number of carboxylic acid groups (broad SMARTS) is 2. The number of nitrogens with one attached hydrogen (secondary N) is 4. The molecule has 0 radical (unpaired) electrons. The van der Waals surface area contributed by atoms with Crippen LogP contribution < -0.4 is 20.7 Å². The molecule has 3 rings (SSSR count). The molecule has 252 valence electrons. The van der Waals surface area contributed by atoms with Gasteiger partial charge in [-0.25, -0.2) is 9.59 Å². The highest BCUT2D eigenvalue weighted by Gasteiger charge is 2.50. The Hall–Kier alpha value is -4.82. The normalized spacial score (nSPS) is 17.3. The van der Waals surface area contributed by atoms with Crippen molar-refractivity contribution in [1.82, 2.24) is 20.9 Å². The predicted molar refractivity (Wildman–Crippen MR) is 162 cm³/mol. The molecule has 0 aliphatic carbocycles. The van der Waals surface area contributed by atoms with Crippen LogP contribution in [0.15, 0.2) is 54.6 Å². The summed E-state index contributed by atoms with van der Waals surface area (Å²) in [6.45, 7) is 6.28. The second-order valence-electron chi connectivity index (χ2n) is 11.2. The number of hydrogen-bond acceptors (Lipinski definition) is 6. The van der Waals surface area contributed by atoms with Gasteiger partial charge in [-0.15, -0.1) is 0 Å². The average Bonchev–Trinajstić information content (AvgIpc) is 3.21. The summed E-state index contributed by atoms with van der Waals surface area (Å²) in [4.78, 5) is 48.2. The van der Waals surface area contributed by atoms with Crippen LogP contribution in [-0.2, 0) is 26.3 Å². The molecule has 15 heteroatoms. The van der Waals surface area contributed by atoms with Crippen LogP contribution >= 0.6 is 0 Å². The first-order valence-electron chi connectivity index (χ1n) is 14.5. The van der Waals surface area contributed by atoms with Crippen molar-refractivity contribution in [3.8, 4) is 5.75 Å². The predicted octanol–water partition coefficient (Wildman–Crippen LogP) is 4.10. The highest BCUT2D eigenvalue weighted by atomic mass is 19.4. The number of alkyl halides is 3. The molecule has 2 unspecified atom stereocenters. The van der Waals surface area contributed by atoms with Crippen LogP contribution in [0.4, 0.5) is 18.0 Å². The van der Waals surface area contributed by atoms with Gasteiger partial charge in [0, 0.05) is 19.0 Å². The second-order valence-corrected chi connectivity index (χ2v) is 11.2. The number of hydrogen-bond donors (Lipinski definition) is 6. The Morgan fingerprint density at radius 1 is 1.02 bits per heavy atom. The molecule has 1 fully saturated rings. The maximum atomic E-state index is 13.6. The van der Waals surface area contributed by atoms with Crippen LogP contribution in [0.1, 0.15) is 51.2 Å². The third kappa shape index (κ3) is 10.7. The van der Waals surface area contributed by atoms with Gasteiger partial charge in [-0.1, -0.05) is 56.3 Å². The topological polar surface area (TPSA) is 181 Å². The Morgan fingerprint density at radius 2 is 1.61 bits per heavy atom. The molecular formula is C31H40F3N5O7. The Bertz CT molecular complexity index is 1360. The fraction of sp³-hybridized carbons (Fsp3) is 0.452. The second kappa shape index (κ2) is 16.5. The lowest BCUT2D eigenvalue weighted by atomic mass is 9.82. The smallest absolute Gasteiger partial charge is 0.490 e. The van der Waals surface area contributed by atoms with Crippen molar-refractivity contribution in [3.05, 3.63) is 65.7 Å². The first-order valence-corrected chi connectivity index (χ1v) is 14.5. The number of aliphatic carboxylic acids is 1. The zero-order valence-electron chi connectivity index (χ0n) is 26.0. The van der Waals surface area contributed by atoms with E-state index in [9.17, 15) is 32.7 Å². The van der Waals surface area contributed by atoms with E-state index in [0.29, 0.717) is 31.6 Å². The van der Waals surface area contributed by atoms with E-state index in [1.165, 1.54) is 4.90 Å². The fourth-order valence-electron chi connectivity index (χ4n) is 4.98. The molecule has 46 heavy (non-hydrogen) atoms.